The van der Waals surface area contributed by atoms with E-state index in [2.05, 4.69) is 10.2 Å². The van der Waals surface area contributed by atoms with Crippen LogP contribution < -0.4 is 4.90 Å². The molecule has 8 heteroatoms. The van der Waals surface area contributed by atoms with E-state index >= 15 is 0 Å². The van der Waals surface area contributed by atoms with Crippen LogP contribution in [0.5, 0.6) is 0 Å². The summed E-state index contributed by atoms with van der Waals surface area (Å²) in [5.41, 5.74) is 1.04. The van der Waals surface area contributed by atoms with Crippen LogP contribution in [0.15, 0.2) is 33.6 Å². The van der Waals surface area contributed by atoms with Gasteiger partial charge in [-0.25, -0.2) is 8.42 Å². The van der Waals surface area contributed by atoms with Crippen molar-refractivity contribution in [3.05, 3.63) is 35.7 Å². The molecule has 3 rings (SSSR count). The number of nitrogens with zero attached hydrogens (tertiary/aromatic N) is 4. The van der Waals surface area contributed by atoms with Gasteiger partial charge in [0.15, 0.2) is 0 Å². The van der Waals surface area contributed by atoms with Crippen LogP contribution in [0.4, 0.5) is 6.01 Å². The second-order valence-corrected chi connectivity index (χ2v) is 8.22. The van der Waals surface area contributed by atoms with Crippen LogP contribution in [0.3, 0.4) is 0 Å². The summed E-state index contributed by atoms with van der Waals surface area (Å²) in [5, 5.41) is 8.08. The van der Waals surface area contributed by atoms with Crippen LogP contribution in [0.25, 0.3) is 0 Å². The highest BCUT2D eigenvalue weighted by atomic mass is 32.2. The first-order valence-corrected chi connectivity index (χ1v) is 9.47. The number of sulfonamides is 1. The maximum atomic E-state index is 12.7. The van der Waals surface area contributed by atoms with Crippen LogP contribution in [-0.4, -0.2) is 49.1 Å². The lowest BCUT2D eigenvalue weighted by atomic mass is 10.2. The van der Waals surface area contributed by atoms with Crippen molar-refractivity contribution < 1.29 is 12.8 Å². The van der Waals surface area contributed by atoms with E-state index in [4.69, 9.17) is 4.42 Å². The molecule has 130 valence electrons. The second kappa shape index (κ2) is 6.52. The summed E-state index contributed by atoms with van der Waals surface area (Å²) >= 11 is 0. The van der Waals surface area contributed by atoms with Crippen LogP contribution in [0.1, 0.15) is 31.2 Å². The first-order valence-electron chi connectivity index (χ1n) is 8.03. The zero-order chi connectivity index (χ0) is 17.3. The van der Waals surface area contributed by atoms with Crippen LogP contribution in [0, 0.1) is 6.92 Å². The molecule has 24 heavy (non-hydrogen) atoms. The third kappa shape index (κ3) is 3.29. The van der Waals surface area contributed by atoms with Crippen molar-refractivity contribution >= 4 is 16.0 Å². The van der Waals surface area contributed by atoms with Crippen molar-refractivity contribution in [1.29, 1.82) is 0 Å². The number of piperazine rings is 1. The summed E-state index contributed by atoms with van der Waals surface area (Å²) in [6.07, 6.45) is 0. The number of hydrogen-bond acceptors (Lipinski definition) is 6. The lowest BCUT2D eigenvalue weighted by Crippen LogP contribution is -2.48. The fourth-order valence-electron chi connectivity index (χ4n) is 2.57. The molecular formula is C16H22N4O3S. The molecule has 0 bridgehead atoms. The Morgan fingerprint density at radius 3 is 2.21 bits per heavy atom. The summed E-state index contributed by atoms with van der Waals surface area (Å²) in [6, 6.07) is 7.41. The normalized spacial score (nSPS) is 16.8. The molecule has 0 aliphatic carbocycles. The van der Waals surface area contributed by atoms with Crippen molar-refractivity contribution in [2.24, 2.45) is 0 Å². The maximum Gasteiger partial charge on any atom is 0.318 e. The minimum absolute atomic E-state index is 0.175. The predicted molar refractivity (Wildman–Crippen MR) is 90.5 cm³/mol. The van der Waals surface area contributed by atoms with Gasteiger partial charge in [-0.15, -0.1) is 5.10 Å². The van der Waals surface area contributed by atoms with Crippen LogP contribution >= 0.6 is 0 Å². The van der Waals surface area contributed by atoms with Gasteiger partial charge in [-0.05, 0) is 19.1 Å². The van der Waals surface area contributed by atoms with E-state index in [9.17, 15) is 8.42 Å². The molecule has 1 aromatic carbocycles. The van der Waals surface area contributed by atoms with Gasteiger partial charge in [0.05, 0.1) is 4.90 Å². The number of hydrogen-bond donors (Lipinski definition) is 0. The smallest absolute Gasteiger partial charge is 0.318 e. The molecule has 7 nitrogen and oxygen atoms in total. The van der Waals surface area contributed by atoms with E-state index in [0.29, 0.717) is 43.0 Å². The number of aromatic nitrogens is 2. The number of benzene rings is 1. The van der Waals surface area contributed by atoms with Gasteiger partial charge in [0, 0.05) is 32.1 Å². The highest BCUT2D eigenvalue weighted by molar-refractivity contribution is 7.89. The summed E-state index contributed by atoms with van der Waals surface area (Å²) in [6.45, 7) is 7.78. The molecule has 0 saturated carbocycles. The first kappa shape index (κ1) is 16.9. The highest BCUT2D eigenvalue weighted by Crippen LogP contribution is 2.22. The fourth-order valence-corrected chi connectivity index (χ4v) is 3.99. The predicted octanol–water partition coefficient (Wildman–Crippen LogP) is 2.01. The average molecular weight is 350 g/mol. The molecule has 1 aromatic heterocycles. The number of anilines is 1. The molecule has 0 amide bonds. The lowest BCUT2D eigenvalue weighted by molar-refractivity contribution is 0.367. The van der Waals surface area contributed by atoms with Gasteiger partial charge in [0.1, 0.15) is 0 Å². The quantitative estimate of drug-likeness (QED) is 0.839. The fraction of sp³-hybridized carbons (Fsp3) is 0.500. The van der Waals surface area contributed by atoms with Gasteiger partial charge < -0.3 is 9.32 Å². The molecule has 2 aromatic rings. The van der Waals surface area contributed by atoms with Crippen molar-refractivity contribution in [2.75, 3.05) is 31.1 Å². The minimum atomic E-state index is -3.45. The zero-order valence-corrected chi connectivity index (χ0v) is 15.0. The summed E-state index contributed by atoms with van der Waals surface area (Å²) in [7, 11) is -3.45. The van der Waals surface area contributed by atoms with E-state index in [1.807, 2.05) is 37.8 Å². The summed E-state index contributed by atoms with van der Waals surface area (Å²) in [4.78, 5) is 2.27. The van der Waals surface area contributed by atoms with E-state index in [1.165, 1.54) is 4.31 Å². The Morgan fingerprint density at radius 1 is 1.04 bits per heavy atom. The van der Waals surface area contributed by atoms with E-state index in [-0.39, 0.29) is 5.92 Å². The Hall–Kier alpha value is -1.93. The molecule has 1 aliphatic heterocycles. The monoisotopic (exact) mass is 350 g/mol. The van der Waals surface area contributed by atoms with Crippen LogP contribution in [-0.2, 0) is 10.0 Å². The second-order valence-electron chi connectivity index (χ2n) is 6.28. The molecule has 1 fully saturated rings. The Kier molecular flexibility index (Phi) is 4.60. The molecule has 0 radical (unpaired) electrons. The van der Waals surface area contributed by atoms with Gasteiger partial charge in [-0.3, -0.25) is 0 Å². The molecule has 2 heterocycles. The SMILES string of the molecule is Cc1ccc(S(=O)(=O)N2CCN(c3nnc(C(C)C)o3)CC2)cc1. The molecular weight excluding hydrogens is 328 g/mol. The molecule has 0 N–H and O–H groups in total. The van der Waals surface area contributed by atoms with Crippen LogP contribution in [0.2, 0.25) is 0 Å². The molecule has 1 aliphatic rings. The van der Waals surface area contributed by atoms with Crippen molar-refractivity contribution in [3.8, 4) is 0 Å². The molecule has 0 atom stereocenters. The van der Waals surface area contributed by atoms with Gasteiger partial charge >= 0.3 is 6.01 Å². The van der Waals surface area contributed by atoms with Gasteiger partial charge in [-0.2, -0.15) is 4.31 Å². The van der Waals surface area contributed by atoms with E-state index in [0.717, 1.165) is 5.56 Å². The number of rotatable bonds is 4. The Bertz CT molecular complexity index is 791. The topological polar surface area (TPSA) is 79.5 Å². The first-order chi connectivity index (χ1) is 11.4. The zero-order valence-electron chi connectivity index (χ0n) is 14.1. The van der Waals surface area contributed by atoms with Gasteiger partial charge in [-0.1, -0.05) is 36.6 Å². The largest absolute Gasteiger partial charge is 0.408 e. The third-order valence-corrected chi connectivity index (χ3v) is 6.00. The van der Waals surface area contributed by atoms with E-state index in [1.54, 1.807) is 12.1 Å². The maximum absolute atomic E-state index is 12.7. The Morgan fingerprint density at radius 2 is 1.67 bits per heavy atom. The Balaban J connectivity index is 1.68. The highest BCUT2D eigenvalue weighted by Gasteiger charge is 2.30. The minimum Gasteiger partial charge on any atom is -0.408 e. The molecule has 0 unspecified atom stereocenters. The third-order valence-electron chi connectivity index (χ3n) is 4.09. The Labute approximate surface area is 142 Å². The number of aryl methyl sites for hydroxylation is 1. The molecule has 0 spiro atoms. The van der Waals surface area contributed by atoms with Crippen molar-refractivity contribution in [3.63, 3.8) is 0 Å². The summed E-state index contributed by atoms with van der Waals surface area (Å²) in [5.74, 6) is 0.772. The van der Waals surface area contributed by atoms with E-state index < -0.39 is 10.0 Å². The average Bonchev–Trinajstić information content (AvgIpc) is 3.06. The summed E-state index contributed by atoms with van der Waals surface area (Å²) < 4.78 is 32.5. The standard InChI is InChI=1S/C16H22N4O3S/c1-12(2)15-17-18-16(23-15)19-8-10-20(11-9-19)24(21,22)14-6-4-13(3)5-7-14/h4-7,12H,8-11H2,1-3H3. The van der Waals surface area contributed by atoms with Gasteiger partial charge in [0.2, 0.25) is 15.9 Å². The van der Waals surface area contributed by atoms with Crippen molar-refractivity contribution in [1.82, 2.24) is 14.5 Å². The lowest BCUT2D eigenvalue weighted by Gasteiger charge is -2.32. The molecule has 1 saturated heterocycles. The van der Waals surface area contributed by atoms with Gasteiger partial charge in [0.25, 0.3) is 0 Å². The van der Waals surface area contributed by atoms with Crippen molar-refractivity contribution in [2.45, 2.75) is 31.6 Å².